The molecule has 0 aliphatic rings. The third kappa shape index (κ3) is 2.51. The monoisotopic (exact) mass is 263 g/mol. The van der Waals surface area contributed by atoms with Crippen molar-refractivity contribution in [3.63, 3.8) is 0 Å². The van der Waals surface area contributed by atoms with Gasteiger partial charge in [0.1, 0.15) is 11.6 Å². The lowest BCUT2D eigenvalue weighted by Crippen LogP contribution is -2.09. The van der Waals surface area contributed by atoms with Crippen LogP contribution in [0, 0.1) is 5.82 Å². The smallest absolute Gasteiger partial charge is 0.151 e. The molecule has 0 radical (unpaired) electrons. The first-order valence-corrected chi connectivity index (χ1v) is 6.50. The number of benzene rings is 1. The highest BCUT2D eigenvalue weighted by Gasteiger charge is 2.18. The Balaban J connectivity index is 2.64. The summed E-state index contributed by atoms with van der Waals surface area (Å²) in [5.41, 5.74) is 0.809. The fourth-order valence-corrected chi connectivity index (χ4v) is 2.09. The Bertz CT molecular complexity index is 578. The second kappa shape index (κ2) is 5.48. The summed E-state index contributed by atoms with van der Waals surface area (Å²) in [5, 5.41) is 14.2. The first-order valence-electron chi connectivity index (χ1n) is 6.50. The van der Waals surface area contributed by atoms with E-state index in [-0.39, 0.29) is 5.56 Å². The van der Waals surface area contributed by atoms with E-state index in [1.807, 2.05) is 13.8 Å². The van der Waals surface area contributed by atoms with Gasteiger partial charge < -0.3 is 5.11 Å². The zero-order valence-corrected chi connectivity index (χ0v) is 11.4. The molecule has 1 N–H and O–H groups in total. The number of aromatic nitrogens is 3. The molecule has 0 aliphatic heterocycles. The van der Waals surface area contributed by atoms with Crippen LogP contribution in [-0.4, -0.2) is 19.9 Å². The lowest BCUT2D eigenvalue weighted by molar-refractivity contribution is 0.193. The standard InChI is InChI=1S/C14H18FN3O/c1-4-12-16-13(5-2)18(17-12)11-8-6-7-10(15)14(11)9(3)19/h6-9,19H,4-5H2,1-3H3. The van der Waals surface area contributed by atoms with Crippen molar-refractivity contribution in [2.45, 2.75) is 39.7 Å². The van der Waals surface area contributed by atoms with Gasteiger partial charge in [-0.3, -0.25) is 0 Å². The zero-order chi connectivity index (χ0) is 14.0. The van der Waals surface area contributed by atoms with E-state index in [1.165, 1.54) is 6.07 Å². The number of aryl methyl sites for hydroxylation is 2. The van der Waals surface area contributed by atoms with Crippen molar-refractivity contribution in [1.29, 1.82) is 0 Å². The quantitative estimate of drug-likeness (QED) is 0.922. The van der Waals surface area contributed by atoms with Crippen LogP contribution in [0.15, 0.2) is 18.2 Å². The molecule has 0 bridgehead atoms. The molecule has 4 nitrogen and oxygen atoms in total. The van der Waals surface area contributed by atoms with E-state index in [9.17, 15) is 9.50 Å². The second-order valence-corrected chi connectivity index (χ2v) is 4.41. The molecule has 0 amide bonds. The SMILES string of the molecule is CCc1nc(CC)n(-c2cccc(F)c2C(C)O)n1. The molecule has 2 rings (SSSR count). The highest BCUT2D eigenvalue weighted by molar-refractivity contribution is 5.43. The normalized spacial score (nSPS) is 12.7. The molecule has 0 saturated carbocycles. The fraction of sp³-hybridized carbons (Fsp3) is 0.429. The van der Waals surface area contributed by atoms with Crippen LogP contribution >= 0.6 is 0 Å². The van der Waals surface area contributed by atoms with E-state index in [0.29, 0.717) is 12.1 Å². The number of nitrogens with zero attached hydrogens (tertiary/aromatic N) is 3. The predicted molar refractivity (Wildman–Crippen MR) is 70.7 cm³/mol. The summed E-state index contributed by atoms with van der Waals surface area (Å²) in [4.78, 5) is 4.40. The van der Waals surface area contributed by atoms with Gasteiger partial charge in [0, 0.05) is 18.4 Å². The van der Waals surface area contributed by atoms with Gasteiger partial charge in [0.2, 0.25) is 0 Å². The molecular formula is C14H18FN3O. The van der Waals surface area contributed by atoms with Gasteiger partial charge in [0.05, 0.1) is 11.8 Å². The van der Waals surface area contributed by atoms with Crippen LogP contribution in [0.2, 0.25) is 0 Å². The number of hydrogen-bond acceptors (Lipinski definition) is 3. The molecule has 5 heteroatoms. The predicted octanol–water partition coefficient (Wildman–Crippen LogP) is 2.58. The van der Waals surface area contributed by atoms with Crippen molar-refractivity contribution < 1.29 is 9.50 Å². The zero-order valence-electron chi connectivity index (χ0n) is 11.4. The van der Waals surface area contributed by atoms with E-state index < -0.39 is 11.9 Å². The van der Waals surface area contributed by atoms with Crippen molar-refractivity contribution >= 4 is 0 Å². The third-order valence-corrected chi connectivity index (χ3v) is 3.03. The highest BCUT2D eigenvalue weighted by Crippen LogP contribution is 2.25. The van der Waals surface area contributed by atoms with Crippen molar-refractivity contribution in [2.75, 3.05) is 0 Å². The molecule has 1 aromatic heterocycles. The van der Waals surface area contributed by atoms with Gasteiger partial charge in [-0.2, -0.15) is 5.10 Å². The molecule has 1 atom stereocenters. The van der Waals surface area contributed by atoms with E-state index in [0.717, 1.165) is 18.1 Å². The van der Waals surface area contributed by atoms with Crippen LogP contribution in [-0.2, 0) is 12.8 Å². The summed E-state index contributed by atoms with van der Waals surface area (Å²) in [7, 11) is 0. The van der Waals surface area contributed by atoms with E-state index in [2.05, 4.69) is 10.1 Å². The topological polar surface area (TPSA) is 50.9 Å². The number of rotatable bonds is 4. The van der Waals surface area contributed by atoms with Gasteiger partial charge >= 0.3 is 0 Å². The first kappa shape index (κ1) is 13.7. The lowest BCUT2D eigenvalue weighted by Gasteiger charge is -2.14. The number of halogens is 1. The third-order valence-electron chi connectivity index (χ3n) is 3.03. The highest BCUT2D eigenvalue weighted by atomic mass is 19.1. The first-order chi connectivity index (χ1) is 9.08. The molecule has 0 spiro atoms. The van der Waals surface area contributed by atoms with Crippen LogP contribution in [0.4, 0.5) is 4.39 Å². The van der Waals surface area contributed by atoms with Gasteiger partial charge in [-0.15, -0.1) is 0 Å². The number of aliphatic hydroxyl groups is 1. The molecule has 1 unspecified atom stereocenters. The molecule has 19 heavy (non-hydrogen) atoms. The Morgan fingerprint density at radius 1 is 1.32 bits per heavy atom. The maximum absolute atomic E-state index is 13.9. The maximum atomic E-state index is 13.9. The summed E-state index contributed by atoms with van der Waals surface area (Å²) < 4.78 is 15.5. The molecule has 2 aromatic rings. The maximum Gasteiger partial charge on any atom is 0.151 e. The Hall–Kier alpha value is -1.75. The summed E-state index contributed by atoms with van der Waals surface area (Å²) in [5.74, 6) is 1.06. The average molecular weight is 263 g/mol. The molecule has 0 saturated heterocycles. The van der Waals surface area contributed by atoms with Crippen molar-refractivity contribution in [1.82, 2.24) is 14.8 Å². The Morgan fingerprint density at radius 2 is 2.05 bits per heavy atom. The molecule has 102 valence electrons. The Morgan fingerprint density at radius 3 is 2.63 bits per heavy atom. The van der Waals surface area contributed by atoms with Crippen LogP contribution in [0.25, 0.3) is 5.69 Å². The van der Waals surface area contributed by atoms with Crippen LogP contribution < -0.4 is 0 Å². The number of aliphatic hydroxyl groups excluding tert-OH is 1. The average Bonchev–Trinajstić information content (AvgIpc) is 2.81. The van der Waals surface area contributed by atoms with Crippen LogP contribution in [0.1, 0.15) is 44.1 Å². The molecule has 1 aromatic carbocycles. The summed E-state index contributed by atoms with van der Waals surface area (Å²) in [6, 6.07) is 4.70. The Kier molecular flexibility index (Phi) is 3.95. The number of hydrogen-bond donors (Lipinski definition) is 1. The Labute approximate surface area is 111 Å². The lowest BCUT2D eigenvalue weighted by atomic mass is 10.1. The molecule has 0 aliphatic carbocycles. The van der Waals surface area contributed by atoms with E-state index in [4.69, 9.17) is 0 Å². The molecule has 0 fully saturated rings. The van der Waals surface area contributed by atoms with Gasteiger partial charge in [-0.1, -0.05) is 19.9 Å². The van der Waals surface area contributed by atoms with Crippen LogP contribution in [0.5, 0.6) is 0 Å². The van der Waals surface area contributed by atoms with Crippen molar-refractivity contribution in [3.8, 4) is 5.69 Å². The van der Waals surface area contributed by atoms with Gasteiger partial charge in [0.15, 0.2) is 5.82 Å². The largest absolute Gasteiger partial charge is 0.389 e. The van der Waals surface area contributed by atoms with Crippen molar-refractivity contribution in [2.24, 2.45) is 0 Å². The fourth-order valence-electron chi connectivity index (χ4n) is 2.09. The van der Waals surface area contributed by atoms with E-state index >= 15 is 0 Å². The minimum Gasteiger partial charge on any atom is -0.389 e. The minimum absolute atomic E-state index is 0.254. The summed E-state index contributed by atoms with van der Waals surface area (Å²) in [6.07, 6.45) is 0.525. The second-order valence-electron chi connectivity index (χ2n) is 4.41. The van der Waals surface area contributed by atoms with Crippen LogP contribution in [0.3, 0.4) is 0 Å². The van der Waals surface area contributed by atoms with Gasteiger partial charge in [-0.05, 0) is 19.1 Å². The van der Waals surface area contributed by atoms with Gasteiger partial charge in [-0.25, -0.2) is 14.1 Å². The molecular weight excluding hydrogens is 245 g/mol. The van der Waals surface area contributed by atoms with Gasteiger partial charge in [0.25, 0.3) is 0 Å². The van der Waals surface area contributed by atoms with Crippen molar-refractivity contribution in [3.05, 3.63) is 41.2 Å². The summed E-state index contributed by atoms with van der Waals surface area (Å²) >= 11 is 0. The minimum atomic E-state index is -0.893. The molecule has 1 heterocycles. The summed E-state index contributed by atoms with van der Waals surface area (Å²) in [6.45, 7) is 5.49. The van der Waals surface area contributed by atoms with E-state index in [1.54, 1.807) is 23.7 Å².